The Morgan fingerprint density at radius 1 is 1.19 bits per heavy atom. The first-order valence-corrected chi connectivity index (χ1v) is 6.80. The molecule has 0 aliphatic rings. The number of methoxy groups -OCH3 is 1. The Bertz CT molecular complexity index is 555. The first-order valence-electron chi connectivity index (χ1n) is 6.80. The maximum absolute atomic E-state index is 11.8. The van der Waals surface area contributed by atoms with Crippen LogP contribution in [0.2, 0.25) is 0 Å². The quantitative estimate of drug-likeness (QED) is 0.764. The Hall–Kier alpha value is -2.40. The summed E-state index contributed by atoms with van der Waals surface area (Å²) in [4.78, 5) is 15.9. The van der Waals surface area contributed by atoms with Gasteiger partial charge >= 0.3 is 0 Å². The first kappa shape index (κ1) is 15.0. The van der Waals surface area contributed by atoms with Gasteiger partial charge in [0, 0.05) is 20.2 Å². The van der Waals surface area contributed by atoms with Crippen molar-refractivity contribution in [2.24, 2.45) is 0 Å². The maximum Gasteiger partial charge on any atom is 0.269 e. The third-order valence-electron chi connectivity index (χ3n) is 2.93. The third kappa shape index (κ3) is 4.89. The molecule has 0 radical (unpaired) electrons. The highest BCUT2D eigenvalue weighted by atomic mass is 16.5. The summed E-state index contributed by atoms with van der Waals surface area (Å²) < 4.78 is 4.88. The van der Waals surface area contributed by atoms with E-state index in [4.69, 9.17) is 4.74 Å². The lowest BCUT2D eigenvalue weighted by Crippen LogP contribution is -2.27. The van der Waals surface area contributed by atoms with E-state index in [-0.39, 0.29) is 5.91 Å². The Balaban J connectivity index is 1.85. The SMILES string of the molecule is COCCNC(=O)c1ccc(NCc2ccccc2)cn1. The van der Waals surface area contributed by atoms with E-state index in [1.807, 2.05) is 24.3 Å². The van der Waals surface area contributed by atoms with Crippen molar-refractivity contribution in [1.82, 2.24) is 10.3 Å². The van der Waals surface area contributed by atoms with Crippen molar-refractivity contribution in [3.63, 3.8) is 0 Å². The molecule has 0 aliphatic heterocycles. The van der Waals surface area contributed by atoms with Gasteiger partial charge in [-0.25, -0.2) is 4.98 Å². The van der Waals surface area contributed by atoms with Gasteiger partial charge in [0.2, 0.25) is 0 Å². The number of benzene rings is 1. The fourth-order valence-electron chi connectivity index (χ4n) is 1.79. The van der Waals surface area contributed by atoms with Gasteiger partial charge in [-0.1, -0.05) is 30.3 Å². The largest absolute Gasteiger partial charge is 0.383 e. The molecule has 1 heterocycles. The first-order chi connectivity index (χ1) is 10.3. The van der Waals surface area contributed by atoms with E-state index in [1.165, 1.54) is 5.56 Å². The number of carbonyl (C=O) groups excluding carboxylic acids is 1. The molecule has 0 unspecified atom stereocenters. The number of carbonyl (C=O) groups is 1. The Morgan fingerprint density at radius 3 is 2.67 bits per heavy atom. The summed E-state index contributed by atoms with van der Waals surface area (Å²) in [5.41, 5.74) is 2.47. The lowest BCUT2D eigenvalue weighted by molar-refractivity contribution is 0.0932. The van der Waals surface area contributed by atoms with E-state index in [2.05, 4.69) is 27.8 Å². The van der Waals surface area contributed by atoms with Gasteiger partial charge in [0.05, 0.1) is 18.5 Å². The average Bonchev–Trinajstić information content (AvgIpc) is 2.54. The van der Waals surface area contributed by atoms with Crippen LogP contribution in [0.5, 0.6) is 0 Å². The maximum atomic E-state index is 11.8. The normalized spacial score (nSPS) is 10.1. The van der Waals surface area contributed by atoms with E-state index in [9.17, 15) is 4.79 Å². The fraction of sp³-hybridized carbons (Fsp3) is 0.250. The number of hydrogen-bond donors (Lipinski definition) is 2. The summed E-state index contributed by atoms with van der Waals surface area (Å²) in [6.45, 7) is 1.69. The molecule has 2 rings (SSSR count). The van der Waals surface area contributed by atoms with Gasteiger partial charge in [0.1, 0.15) is 5.69 Å². The minimum atomic E-state index is -0.193. The molecule has 2 aromatic rings. The molecule has 0 bridgehead atoms. The van der Waals surface area contributed by atoms with Gasteiger partial charge in [-0.15, -0.1) is 0 Å². The second-order valence-corrected chi connectivity index (χ2v) is 4.52. The number of hydrogen-bond acceptors (Lipinski definition) is 4. The van der Waals surface area contributed by atoms with Crippen LogP contribution in [-0.2, 0) is 11.3 Å². The lowest BCUT2D eigenvalue weighted by Gasteiger charge is -2.07. The van der Waals surface area contributed by atoms with Crippen molar-refractivity contribution in [1.29, 1.82) is 0 Å². The number of amides is 1. The molecule has 5 heteroatoms. The number of nitrogens with zero attached hydrogens (tertiary/aromatic N) is 1. The van der Waals surface area contributed by atoms with Gasteiger partial charge in [-0.05, 0) is 17.7 Å². The molecule has 21 heavy (non-hydrogen) atoms. The predicted octanol–water partition coefficient (Wildman–Crippen LogP) is 2.07. The minimum Gasteiger partial charge on any atom is -0.383 e. The summed E-state index contributed by atoms with van der Waals surface area (Å²) in [5, 5.41) is 6.00. The van der Waals surface area contributed by atoms with Gasteiger partial charge < -0.3 is 15.4 Å². The number of ether oxygens (including phenoxy) is 1. The van der Waals surface area contributed by atoms with Crippen LogP contribution in [0.25, 0.3) is 0 Å². The van der Waals surface area contributed by atoms with Crippen molar-refractivity contribution in [3.8, 4) is 0 Å². The Labute approximate surface area is 124 Å². The molecule has 0 saturated heterocycles. The van der Waals surface area contributed by atoms with Crippen LogP contribution < -0.4 is 10.6 Å². The molecule has 5 nitrogen and oxygen atoms in total. The molecule has 1 aromatic carbocycles. The van der Waals surface area contributed by atoms with Crippen molar-refractivity contribution in [3.05, 3.63) is 59.9 Å². The zero-order valence-corrected chi connectivity index (χ0v) is 12.0. The van der Waals surface area contributed by atoms with Crippen LogP contribution in [-0.4, -0.2) is 31.2 Å². The van der Waals surface area contributed by atoms with E-state index in [1.54, 1.807) is 19.4 Å². The fourth-order valence-corrected chi connectivity index (χ4v) is 1.79. The standard InChI is InChI=1S/C16H19N3O2/c1-21-10-9-17-16(20)15-8-7-14(12-19-15)18-11-13-5-3-2-4-6-13/h2-8,12,18H,9-11H2,1H3,(H,17,20). The van der Waals surface area contributed by atoms with Crippen LogP contribution >= 0.6 is 0 Å². The molecule has 0 spiro atoms. The summed E-state index contributed by atoms with van der Waals surface area (Å²) in [6.07, 6.45) is 1.66. The predicted molar refractivity (Wildman–Crippen MR) is 82.2 cm³/mol. The molecule has 0 saturated carbocycles. The lowest BCUT2D eigenvalue weighted by atomic mass is 10.2. The van der Waals surface area contributed by atoms with Crippen LogP contribution in [0.15, 0.2) is 48.7 Å². The van der Waals surface area contributed by atoms with Gasteiger partial charge in [-0.3, -0.25) is 4.79 Å². The van der Waals surface area contributed by atoms with Crippen molar-refractivity contribution >= 4 is 11.6 Å². The second-order valence-electron chi connectivity index (χ2n) is 4.52. The summed E-state index contributed by atoms with van der Waals surface area (Å²) in [6, 6.07) is 13.7. The molecular formula is C16H19N3O2. The van der Waals surface area contributed by atoms with E-state index >= 15 is 0 Å². The summed E-state index contributed by atoms with van der Waals surface area (Å²) in [7, 11) is 1.59. The molecule has 1 aromatic heterocycles. The van der Waals surface area contributed by atoms with E-state index in [0.29, 0.717) is 18.8 Å². The third-order valence-corrected chi connectivity index (χ3v) is 2.93. The van der Waals surface area contributed by atoms with Crippen molar-refractivity contribution in [2.45, 2.75) is 6.54 Å². The monoisotopic (exact) mass is 285 g/mol. The number of rotatable bonds is 7. The van der Waals surface area contributed by atoms with Crippen molar-refractivity contribution < 1.29 is 9.53 Å². The van der Waals surface area contributed by atoms with Crippen LogP contribution in [0, 0.1) is 0 Å². The van der Waals surface area contributed by atoms with Crippen LogP contribution in [0.1, 0.15) is 16.1 Å². The molecule has 1 amide bonds. The summed E-state index contributed by atoms with van der Waals surface area (Å²) >= 11 is 0. The molecule has 2 N–H and O–H groups in total. The number of pyridine rings is 1. The zero-order valence-electron chi connectivity index (χ0n) is 12.0. The zero-order chi connectivity index (χ0) is 14.9. The highest BCUT2D eigenvalue weighted by molar-refractivity contribution is 5.92. The Morgan fingerprint density at radius 2 is 2.00 bits per heavy atom. The number of aromatic nitrogens is 1. The number of nitrogens with one attached hydrogen (secondary N) is 2. The van der Waals surface area contributed by atoms with Crippen LogP contribution in [0.4, 0.5) is 5.69 Å². The smallest absolute Gasteiger partial charge is 0.269 e. The molecular weight excluding hydrogens is 266 g/mol. The van der Waals surface area contributed by atoms with E-state index < -0.39 is 0 Å². The van der Waals surface area contributed by atoms with Crippen LogP contribution in [0.3, 0.4) is 0 Å². The molecule has 0 fully saturated rings. The molecule has 0 aliphatic carbocycles. The Kier molecular flexibility index (Phi) is 5.72. The average molecular weight is 285 g/mol. The molecule has 0 atom stereocenters. The summed E-state index contributed by atoms with van der Waals surface area (Å²) in [5.74, 6) is -0.193. The van der Waals surface area contributed by atoms with Gasteiger partial charge in [-0.2, -0.15) is 0 Å². The highest BCUT2D eigenvalue weighted by Gasteiger charge is 2.05. The van der Waals surface area contributed by atoms with Crippen molar-refractivity contribution in [2.75, 3.05) is 25.6 Å². The van der Waals surface area contributed by atoms with Gasteiger partial charge in [0.25, 0.3) is 5.91 Å². The minimum absolute atomic E-state index is 0.193. The highest BCUT2D eigenvalue weighted by Crippen LogP contribution is 2.08. The molecule has 110 valence electrons. The topological polar surface area (TPSA) is 63.2 Å². The van der Waals surface area contributed by atoms with Gasteiger partial charge in [0.15, 0.2) is 0 Å². The van der Waals surface area contributed by atoms with E-state index in [0.717, 1.165) is 12.2 Å². The second kappa shape index (κ2) is 8.01. The number of anilines is 1.